The van der Waals surface area contributed by atoms with Crippen molar-refractivity contribution < 1.29 is 57.5 Å². The van der Waals surface area contributed by atoms with Gasteiger partial charge in [0, 0.05) is 24.2 Å². The van der Waals surface area contributed by atoms with Crippen molar-refractivity contribution in [3.05, 3.63) is 139 Å². The molecule has 4 saturated heterocycles. The van der Waals surface area contributed by atoms with Crippen LogP contribution in [0, 0.1) is 81.7 Å². The van der Waals surface area contributed by atoms with Gasteiger partial charge >= 0.3 is 24.4 Å². The van der Waals surface area contributed by atoms with Crippen molar-refractivity contribution in [3.8, 4) is 0 Å². The zero-order valence-corrected chi connectivity index (χ0v) is 48.5. The molecule has 2 N–H and O–H groups in total. The lowest BCUT2D eigenvalue weighted by atomic mass is 10.0. The molecule has 20 nitrogen and oxygen atoms in total. The maximum atomic E-state index is 12.3. The van der Waals surface area contributed by atoms with Gasteiger partial charge in [0.2, 0.25) is 0 Å². The van der Waals surface area contributed by atoms with E-state index in [-0.39, 0.29) is 50.1 Å². The number of anilines is 4. The Hall–Kier alpha value is -8.02. The maximum Gasteiger partial charge on any atom is 0.416 e. The quantitative estimate of drug-likeness (QED) is 0.0868. The molecule has 4 fully saturated rings. The summed E-state index contributed by atoms with van der Waals surface area (Å²) in [5, 5.41) is 19.5. The molecule has 4 aliphatic rings. The first-order valence-electron chi connectivity index (χ1n) is 25.5. The zero-order chi connectivity index (χ0) is 59.0. The predicted octanol–water partition coefficient (Wildman–Crippen LogP) is 12.3. The Labute approximate surface area is 464 Å². The summed E-state index contributed by atoms with van der Waals surface area (Å²) in [6, 6.07) is 13.0. The van der Waals surface area contributed by atoms with Crippen LogP contribution < -0.4 is 19.6 Å². The van der Waals surface area contributed by atoms with Crippen LogP contribution in [0.5, 0.6) is 0 Å². The van der Waals surface area contributed by atoms with E-state index in [0.29, 0.717) is 40.7 Å². The van der Waals surface area contributed by atoms with Crippen LogP contribution in [0.3, 0.4) is 0 Å². The van der Waals surface area contributed by atoms with Crippen LogP contribution in [0.25, 0.3) is 19.4 Å². The summed E-state index contributed by atoms with van der Waals surface area (Å²) in [6.45, 7) is 56.1. The van der Waals surface area contributed by atoms with Crippen LogP contribution in [0.1, 0.15) is 65.3 Å². The molecule has 21 heteroatoms. The molecule has 4 amide bonds. The first-order chi connectivity index (χ1) is 37.2. The lowest BCUT2D eigenvalue weighted by Gasteiger charge is -2.32. The number of amides is 4. The Morgan fingerprint density at radius 2 is 0.734 bits per heavy atom. The van der Waals surface area contributed by atoms with Crippen molar-refractivity contribution >= 4 is 78.2 Å². The van der Waals surface area contributed by atoms with E-state index in [1.54, 1.807) is 61.2 Å². The molecule has 0 spiro atoms. The van der Waals surface area contributed by atoms with Crippen LogP contribution in [0.2, 0.25) is 19.6 Å². The number of benzene rings is 4. The van der Waals surface area contributed by atoms with E-state index < -0.39 is 45.0 Å². The standard InChI is InChI=1S/C17H24N2O3Si.2C14H16N2O3.C13H14N2O3/c1-11-12(2)15(9-8-14(11)18-4)19-16(10-21-17(19)20)13(3)22-23(5,6)7;2*1-8-9(2)12(6-5-11(8)15-4)16-13(10(3)17)7-19-14(16)18;1-8-9(2)11(6-5-10(8)14-3)15-12(17-4)7-18-13(15)16/h8-9,13,16H,10H2,1-3,5-7H3;2*5-6,10,13,17H,7H2,1-3H3;5-6,12H,7H2,1-2,4H3/t13?,16-;10-,13+;10-,13-;12-/m1010/s1. The third-order valence-corrected chi connectivity index (χ3v) is 15.5. The molecule has 1 unspecified atom stereocenters. The van der Waals surface area contributed by atoms with Gasteiger partial charge in [-0.25, -0.2) is 43.5 Å². The van der Waals surface area contributed by atoms with Crippen molar-refractivity contribution in [1.29, 1.82) is 0 Å². The Balaban J connectivity index is 0.000000195. The zero-order valence-electron chi connectivity index (χ0n) is 47.5. The van der Waals surface area contributed by atoms with Gasteiger partial charge in [-0.05, 0) is 165 Å². The predicted molar refractivity (Wildman–Crippen MR) is 303 cm³/mol. The molecule has 79 heavy (non-hydrogen) atoms. The van der Waals surface area contributed by atoms with Gasteiger partial charge in [0.05, 0.1) is 56.3 Å². The molecule has 4 aromatic carbocycles. The largest absolute Gasteiger partial charge is 0.447 e. The van der Waals surface area contributed by atoms with E-state index in [1.165, 1.54) is 21.8 Å². The van der Waals surface area contributed by atoms with E-state index in [0.717, 1.165) is 55.9 Å². The second kappa shape index (κ2) is 26.1. The van der Waals surface area contributed by atoms with E-state index in [1.807, 2.05) is 68.4 Å². The number of nitrogens with zero attached hydrogens (tertiary/aromatic N) is 8. The van der Waals surface area contributed by atoms with E-state index >= 15 is 0 Å². The fraction of sp³-hybridized carbons (Fsp3) is 0.448. The molecule has 0 radical (unpaired) electrons. The average Bonchev–Trinajstić information content (AvgIpc) is 4.26. The molecule has 0 aromatic heterocycles. The summed E-state index contributed by atoms with van der Waals surface area (Å²) >= 11 is 0. The first-order valence-corrected chi connectivity index (χ1v) is 28.9. The van der Waals surface area contributed by atoms with Gasteiger partial charge in [0.25, 0.3) is 0 Å². The van der Waals surface area contributed by atoms with Crippen LogP contribution in [0.15, 0.2) is 48.5 Å². The highest BCUT2D eigenvalue weighted by Crippen LogP contribution is 2.38. The SMILES string of the molecule is [C-]#[N+]c1ccc(N2C(=O)OC[C@@H]2C(C)O[Si](C)(C)C)c(C)c1C.[C-]#[N+]c1ccc(N2C(=O)OC[C@@H]2OC)c(C)c1C.[C-]#[N+]c1ccc(N2C(=O)OC[C@@H]2[C@@H](C)O)c(C)c1C.[C-]#[N+]c1ccc(N2C(=O)OC[C@@H]2[C@H](C)O)c(C)c1C. The molecule has 4 aliphatic heterocycles. The Bertz CT molecular complexity index is 3050. The summed E-state index contributed by atoms with van der Waals surface area (Å²) in [6.07, 6.45) is -3.53. The number of rotatable bonds is 10. The van der Waals surface area contributed by atoms with Gasteiger partial charge in [-0.15, -0.1) is 0 Å². The summed E-state index contributed by atoms with van der Waals surface area (Å²) in [7, 11) is -0.176. The Kier molecular flexibility index (Phi) is 20.4. The number of carbonyl (C=O) groups is 4. The summed E-state index contributed by atoms with van der Waals surface area (Å²) in [5.41, 5.74) is 12.3. The summed E-state index contributed by atoms with van der Waals surface area (Å²) < 4.78 is 31.7. The number of carbonyl (C=O) groups excluding carboxylic acids is 4. The van der Waals surface area contributed by atoms with Crippen molar-refractivity contribution in [3.63, 3.8) is 0 Å². The van der Waals surface area contributed by atoms with Gasteiger partial charge in [-0.1, -0.05) is 24.3 Å². The lowest BCUT2D eigenvalue weighted by Crippen LogP contribution is -2.46. The maximum absolute atomic E-state index is 12.3. The first kappa shape index (κ1) is 61.8. The van der Waals surface area contributed by atoms with Gasteiger partial charge in [-0.2, -0.15) is 0 Å². The molecule has 0 aliphatic carbocycles. The second-order valence-corrected chi connectivity index (χ2v) is 24.9. The normalized spacial score (nSPS) is 19.6. The fourth-order valence-corrected chi connectivity index (χ4v) is 10.6. The molecular weight excluding hydrogens is 1030 g/mol. The minimum absolute atomic E-state index is 0.103. The monoisotopic (exact) mass is 1100 g/mol. The van der Waals surface area contributed by atoms with Gasteiger partial charge in [0.1, 0.15) is 38.5 Å². The smallest absolute Gasteiger partial charge is 0.416 e. The average molecular weight is 1100 g/mol. The van der Waals surface area contributed by atoms with Gasteiger partial charge < -0.3 is 38.3 Å². The number of aliphatic hydroxyl groups is 2. The van der Waals surface area contributed by atoms with E-state index in [4.69, 9.17) is 54.4 Å². The van der Waals surface area contributed by atoms with Crippen LogP contribution in [-0.2, 0) is 28.1 Å². The Morgan fingerprint density at radius 3 is 1.01 bits per heavy atom. The van der Waals surface area contributed by atoms with Crippen molar-refractivity contribution in [1.82, 2.24) is 0 Å². The number of hydrogen-bond acceptors (Lipinski definition) is 12. The molecule has 7 atom stereocenters. The van der Waals surface area contributed by atoms with Crippen molar-refractivity contribution in [2.75, 3.05) is 53.1 Å². The number of hydrogen-bond donors (Lipinski definition) is 2. The molecule has 0 saturated carbocycles. The van der Waals surface area contributed by atoms with Gasteiger partial charge in [0.15, 0.2) is 37.3 Å². The highest BCUT2D eigenvalue weighted by Gasteiger charge is 2.42. The number of aliphatic hydroxyl groups excluding tert-OH is 2. The third kappa shape index (κ3) is 13.5. The fourth-order valence-electron chi connectivity index (χ4n) is 9.36. The second-order valence-electron chi connectivity index (χ2n) is 20.5. The van der Waals surface area contributed by atoms with Crippen LogP contribution in [-0.4, -0.2) is 119 Å². The summed E-state index contributed by atoms with van der Waals surface area (Å²) in [5.74, 6) is 0. The molecule has 4 aromatic rings. The van der Waals surface area contributed by atoms with Crippen LogP contribution in [0.4, 0.5) is 64.7 Å². The number of ether oxygens (including phenoxy) is 5. The van der Waals surface area contributed by atoms with E-state index in [9.17, 15) is 29.4 Å². The molecule has 0 bridgehead atoms. The number of cyclic esters (lactones) is 4. The molecule has 4 heterocycles. The van der Waals surface area contributed by atoms with Crippen LogP contribution >= 0.6 is 0 Å². The third-order valence-electron chi connectivity index (χ3n) is 14.5. The molecule has 418 valence electrons. The highest BCUT2D eigenvalue weighted by atomic mass is 28.4. The molecular formula is C58H70N8O12Si. The lowest BCUT2D eigenvalue weighted by molar-refractivity contribution is 0.0875. The Morgan fingerprint density at radius 1 is 0.468 bits per heavy atom. The van der Waals surface area contributed by atoms with E-state index in [2.05, 4.69) is 39.0 Å². The topological polar surface area (TPSA) is 195 Å². The minimum Gasteiger partial charge on any atom is -0.447 e. The van der Waals surface area contributed by atoms with Gasteiger partial charge in [-0.3, -0.25) is 14.7 Å². The minimum atomic E-state index is -1.71. The van der Waals surface area contributed by atoms with Crippen molar-refractivity contribution in [2.45, 2.75) is 138 Å². The summed E-state index contributed by atoms with van der Waals surface area (Å²) in [4.78, 5) is 67.6. The highest BCUT2D eigenvalue weighted by molar-refractivity contribution is 6.69. The molecule has 8 rings (SSSR count). The number of methoxy groups -OCH3 is 1. The van der Waals surface area contributed by atoms with Crippen molar-refractivity contribution in [2.24, 2.45) is 0 Å².